The molecule has 2 rings (SSSR count). The minimum absolute atomic E-state index is 0.301. The summed E-state index contributed by atoms with van der Waals surface area (Å²) in [6.07, 6.45) is 0. The molecule has 3 heteroatoms. The van der Waals surface area contributed by atoms with Crippen molar-refractivity contribution in [3.63, 3.8) is 0 Å². The lowest BCUT2D eigenvalue weighted by Crippen LogP contribution is -2.03. The summed E-state index contributed by atoms with van der Waals surface area (Å²) < 4.78 is 1.66. The number of aromatic carboxylic acids is 1. The molecule has 0 unspecified atom stereocenters. The molecule has 3 nitrogen and oxygen atoms in total. The van der Waals surface area contributed by atoms with Crippen molar-refractivity contribution in [2.45, 2.75) is 0 Å². The molecule has 0 saturated carbocycles. The van der Waals surface area contributed by atoms with Crippen LogP contribution in [-0.2, 0) is 7.05 Å². The van der Waals surface area contributed by atoms with Gasteiger partial charge in [-0.15, -0.1) is 0 Å². The van der Waals surface area contributed by atoms with E-state index in [1.165, 1.54) is 0 Å². The van der Waals surface area contributed by atoms with Crippen LogP contribution in [0.5, 0.6) is 0 Å². The van der Waals surface area contributed by atoms with Crippen LogP contribution in [0.15, 0.2) is 24.3 Å². The lowest BCUT2D eigenvalue weighted by molar-refractivity contribution is 0.0687. The summed E-state index contributed by atoms with van der Waals surface area (Å²) in [4.78, 5) is 10.8. The highest BCUT2D eigenvalue weighted by molar-refractivity contribution is 5.94. The smallest absolute Gasteiger partial charge is 0.352 e. The number of carboxylic acids is 1. The zero-order chi connectivity index (χ0) is 9.42. The SMILES string of the molecule is Cn1c(C(=O)O)cc2c[c]ccc21. The minimum Gasteiger partial charge on any atom is -0.477 e. The predicted octanol–water partition coefficient (Wildman–Crippen LogP) is 1.68. The molecule has 1 aromatic carbocycles. The summed E-state index contributed by atoms with van der Waals surface area (Å²) in [7, 11) is 1.74. The first-order chi connectivity index (χ1) is 6.20. The van der Waals surface area contributed by atoms with Gasteiger partial charge in [0.2, 0.25) is 0 Å². The molecular formula is C10H8NO2. The van der Waals surface area contributed by atoms with Crippen molar-refractivity contribution in [1.29, 1.82) is 0 Å². The van der Waals surface area contributed by atoms with Crippen LogP contribution >= 0.6 is 0 Å². The van der Waals surface area contributed by atoms with Gasteiger partial charge in [0.25, 0.3) is 0 Å². The number of aromatic nitrogens is 1. The molecule has 0 aliphatic rings. The highest BCUT2D eigenvalue weighted by Crippen LogP contribution is 2.17. The standard InChI is InChI=1S/C10H8NO2/c1-11-8-5-3-2-4-7(8)6-9(11)10(12)13/h3-6H,1H3,(H,12,13). The zero-order valence-electron chi connectivity index (χ0n) is 7.11. The molecule has 1 N–H and O–H groups in total. The Morgan fingerprint density at radius 1 is 1.62 bits per heavy atom. The lowest BCUT2D eigenvalue weighted by Gasteiger charge is -1.97. The number of nitrogens with zero attached hydrogens (tertiary/aromatic N) is 1. The van der Waals surface area contributed by atoms with Gasteiger partial charge in [0.1, 0.15) is 5.69 Å². The molecule has 1 radical (unpaired) electrons. The predicted molar refractivity (Wildman–Crippen MR) is 48.7 cm³/mol. The molecule has 13 heavy (non-hydrogen) atoms. The number of benzene rings is 1. The summed E-state index contributed by atoms with van der Waals surface area (Å²) in [5, 5.41) is 9.74. The fourth-order valence-corrected chi connectivity index (χ4v) is 1.44. The summed E-state index contributed by atoms with van der Waals surface area (Å²) in [6.45, 7) is 0. The second kappa shape index (κ2) is 2.62. The van der Waals surface area contributed by atoms with Gasteiger partial charge in [-0.1, -0.05) is 6.07 Å². The molecule has 1 aromatic heterocycles. The molecular weight excluding hydrogens is 166 g/mol. The van der Waals surface area contributed by atoms with Gasteiger partial charge >= 0.3 is 5.97 Å². The Bertz CT molecular complexity index is 471. The molecule has 1 heterocycles. The quantitative estimate of drug-likeness (QED) is 0.714. The average Bonchev–Trinajstić information content (AvgIpc) is 2.45. The van der Waals surface area contributed by atoms with Gasteiger partial charge < -0.3 is 9.67 Å². The van der Waals surface area contributed by atoms with E-state index in [1.54, 1.807) is 29.8 Å². The molecule has 0 saturated heterocycles. The van der Waals surface area contributed by atoms with Crippen molar-refractivity contribution in [3.8, 4) is 0 Å². The number of carbonyl (C=O) groups is 1. The van der Waals surface area contributed by atoms with Gasteiger partial charge in [-0.3, -0.25) is 0 Å². The Morgan fingerprint density at radius 3 is 3.00 bits per heavy atom. The molecule has 0 aliphatic carbocycles. The van der Waals surface area contributed by atoms with Gasteiger partial charge in [0, 0.05) is 18.0 Å². The van der Waals surface area contributed by atoms with E-state index < -0.39 is 5.97 Å². The van der Waals surface area contributed by atoms with Crippen molar-refractivity contribution in [1.82, 2.24) is 4.57 Å². The first kappa shape index (κ1) is 7.86. The van der Waals surface area contributed by atoms with Gasteiger partial charge in [-0.25, -0.2) is 4.79 Å². The Kier molecular flexibility index (Phi) is 1.59. The second-order valence-electron chi connectivity index (χ2n) is 2.88. The lowest BCUT2D eigenvalue weighted by atomic mass is 10.2. The van der Waals surface area contributed by atoms with Crippen molar-refractivity contribution >= 4 is 16.9 Å². The largest absolute Gasteiger partial charge is 0.477 e. The highest BCUT2D eigenvalue weighted by Gasteiger charge is 2.10. The molecule has 0 atom stereocenters. The van der Waals surface area contributed by atoms with E-state index >= 15 is 0 Å². The molecule has 0 fully saturated rings. The van der Waals surface area contributed by atoms with Crippen LogP contribution in [0, 0.1) is 6.07 Å². The van der Waals surface area contributed by atoms with Crippen molar-refractivity contribution < 1.29 is 9.90 Å². The van der Waals surface area contributed by atoms with E-state index in [2.05, 4.69) is 6.07 Å². The van der Waals surface area contributed by atoms with Crippen LogP contribution in [0.2, 0.25) is 0 Å². The normalized spacial score (nSPS) is 10.5. The second-order valence-corrected chi connectivity index (χ2v) is 2.88. The van der Waals surface area contributed by atoms with Crippen LogP contribution < -0.4 is 0 Å². The number of hydrogen-bond donors (Lipinski definition) is 1. The van der Waals surface area contributed by atoms with Crippen LogP contribution in [0.3, 0.4) is 0 Å². The molecule has 0 spiro atoms. The van der Waals surface area contributed by atoms with Crippen molar-refractivity contribution in [2.75, 3.05) is 0 Å². The number of fused-ring (bicyclic) bond motifs is 1. The minimum atomic E-state index is -0.904. The fraction of sp³-hybridized carbons (Fsp3) is 0.100. The Hall–Kier alpha value is -1.77. The maximum Gasteiger partial charge on any atom is 0.352 e. The third-order valence-electron chi connectivity index (χ3n) is 2.11. The molecule has 65 valence electrons. The summed E-state index contributed by atoms with van der Waals surface area (Å²) in [5.74, 6) is -0.904. The van der Waals surface area contributed by atoms with Crippen molar-refractivity contribution in [3.05, 3.63) is 36.0 Å². The monoisotopic (exact) mass is 174 g/mol. The summed E-state index contributed by atoms with van der Waals surface area (Å²) >= 11 is 0. The van der Waals surface area contributed by atoms with Crippen LogP contribution in [0.1, 0.15) is 10.5 Å². The zero-order valence-corrected chi connectivity index (χ0v) is 7.11. The van der Waals surface area contributed by atoms with E-state index in [1.807, 2.05) is 6.07 Å². The van der Waals surface area contributed by atoms with Gasteiger partial charge in [-0.05, 0) is 24.3 Å². The van der Waals surface area contributed by atoms with E-state index in [0.717, 1.165) is 10.9 Å². The number of aryl methyl sites for hydroxylation is 1. The van der Waals surface area contributed by atoms with E-state index in [-0.39, 0.29) is 0 Å². The maximum absolute atomic E-state index is 10.8. The van der Waals surface area contributed by atoms with Gasteiger partial charge in [-0.2, -0.15) is 0 Å². The number of rotatable bonds is 1. The van der Waals surface area contributed by atoms with Gasteiger partial charge in [0.05, 0.1) is 0 Å². The van der Waals surface area contributed by atoms with E-state index in [0.29, 0.717) is 5.69 Å². The highest BCUT2D eigenvalue weighted by atomic mass is 16.4. The fourth-order valence-electron chi connectivity index (χ4n) is 1.44. The number of hydrogen-bond acceptors (Lipinski definition) is 1. The molecule has 0 amide bonds. The molecule has 0 bridgehead atoms. The Morgan fingerprint density at radius 2 is 2.38 bits per heavy atom. The Balaban J connectivity index is 2.81. The van der Waals surface area contributed by atoms with E-state index in [4.69, 9.17) is 5.11 Å². The average molecular weight is 174 g/mol. The number of carboxylic acid groups (broad SMARTS) is 1. The molecule has 2 aromatic rings. The van der Waals surface area contributed by atoms with Crippen LogP contribution in [0.25, 0.3) is 10.9 Å². The molecule has 0 aliphatic heterocycles. The Labute approximate surface area is 75.2 Å². The first-order valence-electron chi connectivity index (χ1n) is 3.89. The topological polar surface area (TPSA) is 42.2 Å². The maximum atomic E-state index is 10.8. The summed E-state index contributed by atoms with van der Waals surface area (Å²) in [6, 6.07) is 9.96. The third-order valence-corrected chi connectivity index (χ3v) is 2.11. The summed E-state index contributed by atoms with van der Waals surface area (Å²) in [5.41, 5.74) is 1.21. The van der Waals surface area contributed by atoms with Gasteiger partial charge in [0.15, 0.2) is 0 Å². The first-order valence-corrected chi connectivity index (χ1v) is 3.89. The van der Waals surface area contributed by atoms with Crippen LogP contribution in [-0.4, -0.2) is 15.6 Å². The third kappa shape index (κ3) is 1.09. The van der Waals surface area contributed by atoms with Crippen molar-refractivity contribution in [2.24, 2.45) is 7.05 Å². The van der Waals surface area contributed by atoms with Crippen LogP contribution in [0.4, 0.5) is 0 Å². The van der Waals surface area contributed by atoms with E-state index in [9.17, 15) is 4.79 Å².